The van der Waals surface area contributed by atoms with Crippen molar-refractivity contribution in [2.24, 2.45) is 5.73 Å². The van der Waals surface area contributed by atoms with Crippen LogP contribution in [0.2, 0.25) is 0 Å². The average Bonchev–Trinajstić information content (AvgIpc) is 3.09. The van der Waals surface area contributed by atoms with E-state index in [-0.39, 0.29) is 36.8 Å². The summed E-state index contributed by atoms with van der Waals surface area (Å²) in [5.41, 5.74) is 8.74. The third-order valence-corrected chi connectivity index (χ3v) is 5.76. The Balaban J connectivity index is 0.00000140. The van der Waals surface area contributed by atoms with Crippen molar-refractivity contribution in [3.8, 4) is 0 Å². The number of benzene rings is 1. The molecule has 0 saturated carbocycles. The van der Waals surface area contributed by atoms with Gasteiger partial charge in [0.05, 0.1) is 11.3 Å². The molecule has 2 N–H and O–H groups in total. The number of carbonyl (C=O) groups is 1. The molecule has 4 rings (SSSR count). The first-order valence-electron chi connectivity index (χ1n) is 8.90. The number of fused-ring (bicyclic) bond motifs is 1. The lowest BCUT2D eigenvalue weighted by Crippen LogP contribution is -2.45. The van der Waals surface area contributed by atoms with Gasteiger partial charge in [-0.2, -0.15) is 0 Å². The van der Waals surface area contributed by atoms with Crippen LogP contribution in [0.5, 0.6) is 0 Å². The van der Waals surface area contributed by atoms with Crippen molar-refractivity contribution < 1.29 is 4.79 Å². The van der Waals surface area contributed by atoms with Crippen LogP contribution in [-0.2, 0) is 5.75 Å². The number of piperidine rings is 1. The van der Waals surface area contributed by atoms with Gasteiger partial charge in [-0.15, -0.1) is 36.6 Å². The average molecular weight is 439 g/mol. The van der Waals surface area contributed by atoms with E-state index in [2.05, 4.69) is 4.98 Å². The van der Waals surface area contributed by atoms with Crippen molar-refractivity contribution in [3.63, 3.8) is 0 Å². The van der Waals surface area contributed by atoms with Crippen molar-refractivity contribution >= 4 is 48.1 Å². The van der Waals surface area contributed by atoms with E-state index in [0.29, 0.717) is 6.54 Å². The summed E-state index contributed by atoms with van der Waals surface area (Å²) in [6.07, 6.45) is 6.00. The number of halogens is 2. The first-order chi connectivity index (χ1) is 12.7. The van der Waals surface area contributed by atoms with Crippen molar-refractivity contribution in [2.75, 3.05) is 13.1 Å². The van der Waals surface area contributed by atoms with Crippen molar-refractivity contribution in [2.45, 2.75) is 29.5 Å². The van der Waals surface area contributed by atoms with E-state index in [1.54, 1.807) is 11.8 Å². The van der Waals surface area contributed by atoms with Gasteiger partial charge < -0.3 is 15.0 Å². The number of likely N-dealkylation sites (tertiary alicyclic amines) is 1. The topological polar surface area (TPSA) is 63.6 Å². The summed E-state index contributed by atoms with van der Waals surface area (Å²) < 4.78 is 2.02. The minimum atomic E-state index is 0. The lowest BCUT2D eigenvalue weighted by atomic mass is 10.1. The minimum absolute atomic E-state index is 0. The molecule has 3 heterocycles. The van der Waals surface area contributed by atoms with Crippen LogP contribution in [0.3, 0.4) is 0 Å². The molecule has 0 radical (unpaired) electrons. The number of hydrogen-bond acceptors (Lipinski definition) is 4. The molecule has 1 aromatic carbocycles. The molecular weight excluding hydrogens is 415 g/mol. The van der Waals surface area contributed by atoms with Gasteiger partial charge in [0.15, 0.2) is 0 Å². The lowest BCUT2D eigenvalue weighted by Gasteiger charge is -2.31. The highest BCUT2D eigenvalue weighted by Gasteiger charge is 2.24. The largest absolute Gasteiger partial charge is 0.337 e. The molecule has 8 heteroatoms. The van der Waals surface area contributed by atoms with Crippen LogP contribution in [0.25, 0.3) is 5.65 Å². The fraction of sp³-hybridized carbons (Fsp3) is 0.300. The van der Waals surface area contributed by atoms with Gasteiger partial charge in [0.2, 0.25) is 0 Å². The van der Waals surface area contributed by atoms with Crippen molar-refractivity contribution in [3.05, 3.63) is 66.1 Å². The number of aromatic nitrogens is 2. The molecule has 1 aliphatic heterocycles. The normalized spacial score (nSPS) is 16.3. The van der Waals surface area contributed by atoms with E-state index in [1.165, 1.54) is 0 Å². The number of nitrogens with two attached hydrogens (primary N) is 1. The number of amides is 1. The summed E-state index contributed by atoms with van der Waals surface area (Å²) in [6, 6.07) is 13.9. The molecular formula is C20H24Cl2N4OS. The Morgan fingerprint density at radius 3 is 2.75 bits per heavy atom. The van der Waals surface area contributed by atoms with E-state index in [1.807, 2.05) is 64.2 Å². The van der Waals surface area contributed by atoms with Gasteiger partial charge in [0, 0.05) is 42.2 Å². The Hall–Kier alpha value is -1.73. The highest BCUT2D eigenvalue weighted by Crippen LogP contribution is 2.27. The molecule has 3 aromatic rings. The summed E-state index contributed by atoms with van der Waals surface area (Å²) in [5.74, 6) is 0.809. The van der Waals surface area contributed by atoms with Gasteiger partial charge in [-0.1, -0.05) is 18.2 Å². The van der Waals surface area contributed by atoms with Crippen LogP contribution in [-0.4, -0.2) is 39.3 Å². The Labute approximate surface area is 181 Å². The van der Waals surface area contributed by atoms with Gasteiger partial charge in [-0.3, -0.25) is 4.79 Å². The summed E-state index contributed by atoms with van der Waals surface area (Å²) in [6.45, 7) is 1.43. The Morgan fingerprint density at radius 1 is 1.18 bits per heavy atom. The van der Waals surface area contributed by atoms with E-state index in [9.17, 15) is 4.79 Å². The maximum Gasteiger partial charge on any atom is 0.255 e. The van der Waals surface area contributed by atoms with E-state index >= 15 is 0 Å². The second kappa shape index (κ2) is 10.2. The van der Waals surface area contributed by atoms with Crippen LogP contribution in [0, 0.1) is 0 Å². The fourth-order valence-corrected chi connectivity index (χ4v) is 4.27. The number of pyridine rings is 1. The van der Waals surface area contributed by atoms with Crippen LogP contribution in [0.4, 0.5) is 0 Å². The molecule has 1 atom stereocenters. The molecule has 1 amide bonds. The molecule has 150 valence electrons. The fourth-order valence-electron chi connectivity index (χ4n) is 3.34. The molecule has 1 fully saturated rings. The monoisotopic (exact) mass is 438 g/mol. The first kappa shape index (κ1) is 22.6. The maximum atomic E-state index is 13.0. The third kappa shape index (κ3) is 5.00. The van der Waals surface area contributed by atoms with E-state index in [0.717, 1.165) is 46.9 Å². The maximum absolute atomic E-state index is 13.0. The Kier molecular flexibility index (Phi) is 8.19. The van der Waals surface area contributed by atoms with Crippen LogP contribution in [0.15, 0.2) is 59.8 Å². The standard InChI is InChI=1S/C20H22N4OS.2ClH/c21-15-6-5-11-24(12-15)20(25)17-7-1-2-8-18(17)26-14-16-13-23-10-4-3-9-19(23)22-16;;/h1-4,7-10,13,15H,5-6,11-12,14,21H2;2*1H. The molecule has 5 nitrogen and oxygen atoms in total. The van der Waals surface area contributed by atoms with Crippen molar-refractivity contribution in [1.82, 2.24) is 14.3 Å². The zero-order valence-electron chi connectivity index (χ0n) is 15.4. The molecule has 1 unspecified atom stereocenters. The molecule has 2 aromatic heterocycles. The highest BCUT2D eigenvalue weighted by atomic mass is 35.5. The second-order valence-electron chi connectivity index (χ2n) is 6.64. The first-order valence-corrected chi connectivity index (χ1v) is 9.88. The number of hydrogen-bond donors (Lipinski definition) is 1. The SMILES string of the molecule is Cl.Cl.NC1CCCN(C(=O)c2ccccc2SCc2cn3ccccc3n2)C1. The second-order valence-corrected chi connectivity index (χ2v) is 7.65. The quantitative estimate of drug-likeness (QED) is 0.624. The molecule has 0 spiro atoms. The van der Waals surface area contributed by atoms with Crippen LogP contribution in [0.1, 0.15) is 28.9 Å². The number of imidazole rings is 1. The molecule has 28 heavy (non-hydrogen) atoms. The van der Waals surface area contributed by atoms with Gasteiger partial charge in [0.25, 0.3) is 5.91 Å². The van der Waals surface area contributed by atoms with Gasteiger partial charge in [-0.25, -0.2) is 4.98 Å². The predicted molar refractivity (Wildman–Crippen MR) is 119 cm³/mol. The van der Waals surface area contributed by atoms with Gasteiger partial charge >= 0.3 is 0 Å². The van der Waals surface area contributed by atoms with E-state index in [4.69, 9.17) is 5.73 Å². The smallest absolute Gasteiger partial charge is 0.255 e. The van der Waals surface area contributed by atoms with Crippen LogP contribution >= 0.6 is 36.6 Å². The predicted octanol–water partition coefficient (Wildman–Crippen LogP) is 4.03. The molecule has 1 saturated heterocycles. The Morgan fingerprint density at radius 2 is 1.96 bits per heavy atom. The number of rotatable bonds is 4. The summed E-state index contributed by atoms with van der Waals surface area (Å²) >= 11 is 1.65. The molecule has 1 aliphatic rings. The molecule has 0 aliphatic carbocycles. The number of nitrogens with zero attached hydrogens (tertiary/aromatic N) is 3. The number of carbonyl (C=O) groups excluding carboxylic acids is 1. The zero-order chi connectivity index (χ0) is 17.9. The van der Waals surface area contributed by atoms with Crippen molar-refractivity contribution in [1.29, 1.82) is 0 Å². The number of thioether (sulfide) groups is 1. The molecule has 0 bridgehead atoms. The summed E-state index contributed by atoms with van der Waals surface area (Å²) in [5, 5.41) is 0. The van der Waals surface area contributed by atoms with E-state index < -0.39 is 0 Å². The zero-order valence-corrected chi connectivity index (χ0v) is 17.8. The third-order valence-electron chi connectivity index (χ3n) is 4.65. The lowest BCUT2D eigenvalue weighted by molar-refractivity contribution is 0.0705. The van der Waals surface area contributed by atoms with Crippen LogP contribution < -0.4 is 5.73 Å². The highest BCUT2D eigenvalue weighted by molar-refractivity contribution is 7.98. The minimum Gasteiger partial charge on any atom is -0.337 e. The summed E-state index contributed by atoms with van der Waals surface area (Å²) in [7, 11) is 0. The van der Waals surface area contributed by atoms with Gasteiger partial charge in [-0.05, 0) is 37.1 Å². The summed E-state index contributed by atoms with van der Waals surface area (Å²) in [4.78, 5) is 20.5. The Bertz CT molecular complexity index is 900. The van der Waals surface area contributed by atoms with Gasteiger partial charge in [0.1, 0.15) is 5.65 Å².